The Labute approximate surface area is 163 Å². The molecule has 2 aromatic rings. The van der Waals surface area contributed by atoms with E-state index in [9.17, 15) is 4.79 Å². The molecule has 2 heterocycles. The normalized spacial score (nSPS) is 21.4. The summed E-state index contributed by atoms with van der Waals surface area (Å²) in [5, 5.41) is 3.61. The highest BCUT2D eigenvalue weighted by atomic mass is 35.5. The van der Waals surface area contributed by atoms with Crippen molar-refractivity contribution in [2.24, 2.45) is 4.99 Å². The van der Waals surface area contributed by atoms with Gasteiger partial charge in [-0.1, -0.05) is 41.9 Å². The number of nitrogens with zero attached hydrogens (tertiary/aromatic N) is 2. The lowest BCUT2D eigenvalue weighted by molar-refractivity contribution is -0.827. The summed E-state index contributed by atoms with van der Waals surface area (Å²) in [6.07, 6.45) is 3.32. The van der Waals surface area contributed by atoms with Crippen molar-refractivity contribution in [1.29, 1.82) is 0 Å². The molecule has 2 unspecified atom stereocenters. The van der Waals surface area contributed by atoms with Gasteiger partial charge in [-0.05, 0) is 18.2 Å². The molecule has 0 saturated carbocycles. The predicted octanol–water partition coefficient (Wildman–Crippen LogP) is -1.28. The number of benzodiazepines with no additional fused rings is 1. The lowest BCUT2D eigenvalue weighted by atomic mass is 10.0. The van der Waals surface area contributed by atoms with Gasteiger partial charge in [0.2, 0.25) is 6.17 Å². The van der Waals surface area contributed by atoms with Crippen LogP contribution in [0.1, 0.15) is 11.1 Å². The van der Waals surface area contributed by atoms with Gasteiger partial charge in [-0.3, -0.25) is 14.6 Å². The van der Waals surface area contributed by atoms with Gasteiger partial charge in [-0.25, -0.2) is 4.99 Å². The molecule has 0 saturated heterocycles. The number of halogens is 2. The van der Waals surface area contributed by atoms with Gasteiger partial charge in [-0.2, -0.15) is 0 Å². The number of rotatable bonds is 2. The molecule has 0 aliphatic carbocycles. The topological polar surface area (TPSA) is 49.1 Å². The third-order valence-electron chi connectivity index (χ3n) is 4.32. The van der Waals surface area contributed by atoms with E-state index in [0.717, 1.165) is 22.5 Å². The van der Waals surface area contributed by atoms with Crippen LogP contribution in [-0.2, 0) is 4.79 Å². The summed E-state index contributed by atoms with van der Waals surface area (Å²) in [7, 11) is 2.04. The van der Waals surface area contributed by atoms with E-state index in [1.165, 1.54) is 4.90 Å². The molecule has 0 bridgehead atoms. The van der Waals surface area contributed by atoms with Gasteiger partial charge in [0, 0.05) is 16.1 Å². The van der Waals surface area contributed by atoms with Crippen LogP contribution in [0.4, 0.5) is 5.69 Å². The Morgan fingerprint density at radius 3 is 2.69 bits per heavy atom. The molecule has 134 valence electrons. The van der Waals surface area contributed by atoms with Gasteiger partial charge >= 0.3 is 0 Å². The molecule has 2 aliphatic rings. The second kappa shape index (κ2) is 7.50. The Morgan fingerprint density at radius 1 is 1.23 bits per heavy atom. The largest absolute Gasteiger partial charge is 1.00 e. The van der Waals surface area contributed by atoms with E-state index < -0.39 is 6.17 Å². The van der Waals surface area contributed by atoms with Gasteiger partial charge in [-0.15, -0.1) is 0 Å². The summed E-state index contributed by atoms with van der Waals surface area (Å²) in [5.74, 6) is -0.145. The Morgan fingerprint density at radius 2 is 2.00 bits per heavy atom. The van der Waals surface area contributed by atoms with Gasteiger partial charge in [0.15, 0.2) is 6.67 Å². The molecule has 2 aromatic carbocycles. The molecule has 1 amide bonds. The van der Waals surface area contributed by atoms with Crippen molar-refractivity contribution < 1.29 is 22.1 Å². The minimum atomic E-state index is -0.616. The number of benzene rings is 2. The SMILES string of the molecule is C[NH+]1C=CN(C2N=C(c3ccccc3)c3cc(Cl)ccc3NC2=O)C1.[Cl-]. The van der Waals surface area contributed by atoms with E-state index >= 15 is 0 Å². The summed E-state index contributed by atoms with van der Waals surface area (Å²) in [6.45, 7) is 0.695. The van der Waals surface area contributed by atoms with Crippen LogP contribution >= 0.6 is 11.6 Å². The molecular weight excluding hydrogens is 371 g/mol. The van der Waals surface area contributed by atoms with Gasteiger partial charge < -0.3 is 17.7 Å². The minimum Gasteiger partial charge on any atom is -1.00 e. The molecule has 2 N–H and O–H groups in total. The van der Waals surface area contributed by atoms with E-state index in [0.29, 0.717) is 11.7 Å². The lowest BCUT2D eigenvalue weighted by Gasteiger charge is -2.21. The van der Waals surface area contributed by atoms with E-state index in [4.69, 9.17) is 16.6 Å². The van der Waals surface area contributed by atoms with Crippen molar-refractivity contribution in [2.45, 2.75) is 6.17 Å². The number of amides is 1. The van der Waals surface area contributed by atoms with Crippen molar-refractivity contribution in [2.75, 3.05) is 19.0 Å². The van der Waals surface area contributed by atoms with E-state index in [-0.39, 0.29) is 18.3 Å². The first-order chi connectivity index (χ1) is 12.1. The minimum absolute atomic E-state index is 0. The summed E-state index contributed by atoms with van der Waals surface area (Å²) in [6, 6.07) is 15.3. The van der Waals surface area contributed by atoms with Crippen molar-refractivity contribution in [3.8, 4) is 0 Å². The molecular formula is C19H18Cl2N4O. The fourth-order valence-electron chi connectivity index (χ4n) is 3.10. The number of hydrogen-bond acceptors (Lipinski definition) is 3. The first-order valence-electron chi connectivity index (χ1n) is 8.12. The number of carbonyl (C=O) groups is 1. The summed E-state index contributed by atoms with van der Waals surface area (Å²) >= 11 is 6.21. The Balaban J connectivity index is 0.00000196. The molecule has 0 fully saturated rings. The van der Waals surface area contributed by atoms with Crippen molar-refractivity contribution in [3.05, 3.63) is 77.1 Å². The maximum Gasteiger partial charge on any atom is 0.269 e. The zero-order valence-corrected chi connectivity index (χ0v) is 15.6. The maximum atomic E-state index is 12.8. The second-order valence-electron chi connectivity index (χ2n) is 6.23. The van der Waals surface area contributed by atoms with Crippen LogP contribution < -0.4 is 22.6 Å². The highest BCUT2D eigenvalue weighted by Crippen LogP contribution is 2.28. The molecule has 0 radical (unpaired) electrons. The van der Waals surface area contributed by atoms with Gasteiger partial charge in [0.25, 0.3) is 5.91 Å². The highest BCUT2D eigenvalue weighted by molar-refractivity contribution is 6.32. The highest BCUT2D eigenvalue weighted by Gasteiger charge is 2.32. The zero-order chi connectivity index (χ0) is 17.4. The maximum absolute atomic E-state index is 12.8. The number of aliphatic imine (C=N–C) groups is 1. The standard InChI is InChI=1S/C19H17ClN4O.ClH/c1-23-9-10-24(12-23)18-19(25)21-16-8-7-14(20)11-15(16)17(22-18)13-5-3-2-4-6-13;/h2-11,18H,12H2,1H3,(H,21,25);1H. The smallest absolute Gasteiger partial charge is 0.269 e. The third kappa shape index (κ3) is 3.46. The summed E-state index contributed by atoms with van der Waals surface area (Å²) in [5.41, 5.74) is 3.28. The average Bonchev–Trinajstić information content (AvgIpc) is 2.98. The van der Waals surface area contributed by atoms with Crippen LogP contribution in [0.5, 0.6) is 0 Å². The fourth-order valence-corrected chi connectivity index (χ4v) is 3.28. The Kier molecular flexibility index (Phi) is 5.32. The third-order valence-corrected chi connectivity index (χ3v) is 4.56. The Bertz CT molecular complexity index is 882. The van der Waals surface area contributed by atoms with Crippen molar-refractivity contribution in [3.63, 3.8) is 0 Å². The van der Waals surface area contributed by atoms with Crippen LogP contribution in [0.3, 0.4) is 0 Å². The van der Waals surface area contributed by atoms with Crippen molar-refractivity contribution in [1.82, 2.24) is 4.90 Å². The van der Waals surface area contributed by atoms with Crippen LogP contribution in [0.2, 0.25) is 5.02 Å². The molecule has 4 rings (SSSR count). The molecule has 0 aromatic heterocycles. The number of fused-ring (bicyclic) bond motifs is 1. The zero-order valence-electron chi connectivity index (χ0n) is 14.1. The van der Waals surface area contributed by atoms with Crippen LogP contribution in [0.25, 0.3) is 0 Å². The molecule has 26 heavy (non-hydrogen) atoms. The molecule has 0 spiro atoms. The van der Waals surface area contributed by atoms with E-state index in [1.54, 1.807) is 6.07 Å². The van der Waals surface area contributed by atoms with Crippen LogP contribution in [0, 0.1) is 0 Å². The second-order valence-corrected chi connectivity index (χ2v) is 6.67. The first kappa shape index (κ1) is 18.5. The Hall–Kier alpha value is -2.34. The lowest BCUT2D eigenvalue weighted by Crippen LogP contribution is -3.04. The number of anilines is 1. The molecule has 2 atom stereocenters. The average molecular weight is 389 g/mol. The number of quaternary nitrogens is 1. The van der Waals surface area contributed by atoms with Crippen LogP contribution in [-0.4, -0.2) is 36.4 Å². The quantitative estimate of drug-likeness (QED) is 0.673. The van der Waals surface area contributed by atoms with Gasteiger partial charge in [0.1, 0.15) is 6.20 Å². The fraction of sp³-hybridized carbons (Fsp3) is 0.158. The monoisotopic (exact) mass is 388 g/mol. The van der Waals surface area contributed by atoms with Gasteiger partial charge in [0.05, 0.1) is 24.6 Å². The number of nitrogens with one attached hydrogen (secondary N) is 2. The van der Waals surface area contributed by atoms with Crippen LogP contribution in [0.15, 0.2) is 65.9 Å². The summed E-state index contributed by atoms with van der Waals surface area (Å²) in [4.78, 5) is 20.8. The molecule has 5 nitrogen and oxygen atoms in total. The molecule has 7 heteroatoms. The summed E-state index contributed by atoms with van der Waals surface area (Å²) < 4.78 is 0. The number of hydrogen-bond donors (Lipinski definition) is 2. The number of carbonyl (C=O) groups excluding carboxylic acids is 1. The predicted molar refractivity (Wildman–Crippen MR) is 98.7 cm³/mol. The van der Waals surface area contributed by atoms with E-state index in [2.05, 4.69) is 5.32 Å². The molecule has 2 aliphatic heterocycles. The first-order valence-corrected chi connectivity index (χ1v) is 8.50. The van der Waals surface area contributed by atoms with Crippen molar-refractivity contribution >= 4 is 28.9 Å². The van der Waals surface area contributed by atoms with E-state index in [1.807, 2.05) is 66.8 Å².